The highest BCUT2D eigenvalue weighted by Gasteiger charge is 2.21. The molecule has 8 nitrogen and oxygen atoms in total. The quantitative estimate of drug-likeness (QED) is 0.174. The van der Waals surface area contributed by atoms with Crippen molar-refractivity contribution >= 4 is 23.5 Å². The average Bonchev–Trinajstić information content (AvgIpc) is 2.91. The number of hydrogen-bond acceptors (Lipinski definition) is 7. The third-order valence-corrected chi connectivity index (χ3v) is 6.30. The number of benzene rings is 2. The Kier molecular flexibility index (Phi) is 11.3. The molecule has 3 rings (SSSR count). The fourth-order valence-electron chi connectivity index (χ4n) is 4.47. The Hall–Kier alpha value is -3.55. The number of nitrogens with one attached hydrogen (secondary N) is 1. The molecule has 200 valence electrons. The van der Waals surface area contributed by atoms with Crippen LogP contribution in [0, 0.1) is 0 Å². The molecule has 0 spiro atoms. The van der Waals surface area contributed by atoms with Gasteiger partial charge in [0.1, 0.15) is 6.42 Å². The summed E-state index contributed by atoms with van der Waals surface area (Å²) in [5.41, 5.74) is 3.21. The van der Waals surface area contributed by atoms with Crippen molar-refractivity contribution in [3.8, 4) is 5.75 Å². The number of hydrogen-bond donors (Lipinski definition) is 1. The van der Waals surface area contributed by atoms with E-state index >= 15 is 0 Å². The Morgan fingerprint density at radius 3 is 2.38 bits per heavy atom. The first kappa shape index (κ1) is 28.0. The van der Waals surface area contributed by atoms with Gasteiger partial charge in [-0.25, -0.2) is 9.68 Å². The first-order chi connectivity index (χ1) is 18.0. The summed E-state index contributed by atoms with van der Waals surface area (Å²) >= 11 is 0. The minimum atomic E-state index is -0.843. The van der Waals surface area contributed by atoms with Gasteiger partial charge in [-0.15, -0.1) is 0 Å². The average molecular weight is 511 g/mol. The van der Waals surface area contributed by atoms with Crippen LogP contribution in [-0.4, -0.2) is 37.5 Å². The van der Waals surface area contributed by atoms with Crippen molar-refractivity contribution < 1.29 is 28.9 Å². The minimum absolute atomic E-state index is 0.0491. The molecule has 1 aliphatic heterocycles. The fourth-order valence-corrected chi connectivity index (χ4v) is 4.47. The number of para-hydroxylation sites is 1. The number of esters is 1. The molecule has 2 aromatic carbocycles. The fraction of sp³-hybridized carbons (Fsp3) is 0.483. The highest BCUT2D eigenvalue weighted by atomic mass is 17.2. The third-order valence-electron chi connectivity index (χ3n) is 6.30. The van der Waals surface area contributed by atoms with Gasteiger partial charge in [-0.05, 0) is 61.9 Å². The second kappa shape index (κ2) is 14.9. The first-order valence-corrected chi connectivity index (χ1v) is 13.2. The Bertz CT molecular complexity index is 1020. The van der Waals surface area contributed by atoms with Gasteiger partial charge in [-0.1, -0.05) is 50.1 Å². The van der Waals surface area contributed by atoms with E-state index in [4.69, 9.17) is 9.62 Å². The molecule has 1 amide bonds. The SMILES string of the molecule is CCCCC(NC(=O)Cc1ccc(OOC(=O)CC(=O)OCC)cc1)c1ccccc1N1CCCCC1. The number of amides is 1. The number of carbonyl (C=O) groups is 3. The molecule has 2 aromatic rings. The van der Waals surface area contributed by atoms with Crippen LogP contribution in [0.15, 0.2) is 48.5 Å². The van der Waals surface area contributed by atoms with Gasteiger partial charge in [-0.2, -0.15) is 0 Å². The molecule has 8 heteroatoms. The molecule has 0 bridgehead atoms. The van der Waals surface area contributed by atoms with Crippen LogP contribution in [0.5, 0.6) is 5.75 Å². The standard InChI is InChI=1S/C29H38N2O6/c1-3-5-12-25(24-11-7-8-13-26(24)31-18-9-6-10-19-31)30-27(32)20-22-14-16-23(17-15-22)36-37-29(34)21-28(33)35-4-2/h7-8,11,13-17,25H,3-6,9-10,12,18-21H2,1-2H3,(H,30,32). The van der Waals surface area contributed by atoms with Crippen molar-refractivity contribution in [2.24, 2.45) is 0 Å². The van der Waals surface area contributed by atoms with Crippen molar-refractivity contribution in [3.63, 3.8) is 0 Å². The summed E-state index contributed by atoms with van der Waals surface area (Å²) in [7, 11) is 0. The van der Waals surface area contributed by atoms with Crippen LogP contribution in [-0.2, 0) is 30.4 Å². The largest absolute Gasteiger partial charge is 0.466 e. The van der Waals surface area contributed by atoms with E-state index in [1.807, 2.05) is 6.07 Å². The predicted molar refractivity (Wildman–Crippen MR) is 141 cm³/mol. The molecule has 1 atom stereocenters. The molecule has 37 heavy (non-hydrogen) atoms. The van der Waals surface area contributed by atoms with Gasteiger partial charge in [0.05, 0.1) is 19.1 Å². The second-order valence-electron chi connectivity index (χ2n) is 9.21. The number of carbonyl (C=O) groups excluding carboxylic acids is 3. The highest BCUT2D eigenvalue weighted by Crippen LogP contribution is 2.31. The van der Waals surface area contributed by atoms with E-state index in [2.05, 4.69) is 40.2 Å². The topological polar surface area (TPSA) is 94.2 Å². The van der Waals surface area contributed by atoms with Crippen molar-refractivity contribution in [3.05, 3.63) is 59.7 Å². The van der Waals surface area contributed by atoms with Gasteiger partial charge in [0.2, 0.25) is 5.91 Å². The van der Waals surface area contributed by atoms with Crippen LogP contribution >= 0.6 is 0 Å². The number of anilines is 1. The van der Waals surface area contributed by atoms with Crippen molar-refractivity contribution in [2.45, 2.75) is 71.3 Å². The summed E-state index contributed by atoms with van der Waals surface area (Å²) in [4.78, 5) is 48.1. The van der Waals surface area contributed by atoms with E-state index in [0.717, 1.165) is 37.9 Å². The Morgan fingerprint density at radius 1 is 0.946 bits per heavy atom. The van der Waals surface area contributed by atoms with Crippen LogP contribution in [0.1, 0.15) is 76.0 Å². The van der Waals surface area contributed by atoms with Gasteiger partial charge in [0.25, 0.3) is 0 Å². The van der Waals surface area contributed by atoms with E-state index < -0.39 is 18.4 Å². The zero-order chi connectivity index (χ0) is 26.5. The minimum Gasteiger partial charge on any atom is -0.466 e. The molecule has 1 saturated heterocycles. The van der Waals surface area contributed by atoms with Crippen LogP contribution in [0.25, 0.3) is 0 Å². The lowest BCUT2D eigenvalue weighted by Crippen LogP contribution is -2.34. The van der Waals surface area contributed by atoms with Gasteiger partial charge in [0, 0.05) is 18.8 Å². The van der Waals surface area contributed by atoms with Crippen LogP contribution in [0.4, 0.5) is 5.69 Å². The predicted octanol–water partition coefficient (Wildman–Crippen LogP) is 5.06. The lowest BCUT2D eigenvalue weighted by molar-refractivity contribution is -0.214. The van der Waals surface area contributed by atoms with Crippen LogP contribution in [0.2, 0.25) is 0 Å². The summed E-state index contributed by atoms with van der Waals surface area (Å²) in [5, 5.41) is 3.27. The molecule has 0 aliphatic carbocycles. The van der Waals surface area contributed by atoms with E-state index in [0.29, 0.717) is 0 Å². The summed E-state index contributed by atoms with van der Waals surface area (Å²) in [6.45, 7) is 6.11. The van der Waals surface area contributed by atoms with Crippen LogP contribution in [0.3, 0.4) is 0 Å². The number of rotatable bonds is 13. The van der Waals surface area contributed by atoms with Crippen molar-refractivity contribution in [1.82, 2.24) is 5.32 Å². The first-order valence-electron chi connectivity index (χ1n) is 13.2. The Labute approximate surface area is 219 Å². The van der Waals surface area contributed by atoms with Crippen LogP contribution < -0.4 is 15.1 Å². The molecule has 1 fully saturated rings. The highest BCUT2D eigenvalue weighted by molar-refractivity contribution is 5.90. The summed E-state index contributed by atoms with van der Waals surface area (Å²) < 4.78 is 4.70. The molecule has 1 unspecified atom stereocenters. The van der Waals surface area contributed by atoms with E-state index in [1.54, 1.807) is 31.2 Å². The van der Waals surface area contributed by atoms with Gasteiger partial charge in [-0.3, -0.25) is 14.5 Å². The smallest absolute Gasteiger partial charge is 0.366 e. The Balaban J connectivity index is 1.58. The van der Waals surface area contributed by atoms with Crippen molar-refractivity contribution in [2.75, 3.05) is 24.6 Å². The lowest BCUT2D eigenvalue weighted by Gasteiger charge is -2.33. The zero-order valence-corrected chi connectivity index (χ0v) is 21.9. The third kappa shape index (κ3) is 9.12. The second-order valence-corrected chi connectivity index (χ2v) is 9.21. The van der Waals surface area contributed by atoms with Gasteiger partial charge in [0.15, 0.2) is 5.75 Å². The molecular weight excluding hydrogens is 472 g/mol. The maximum Gasteiger partial charge on any atom is 0.366 e. The number of unbranched alkanes of at least 4 members (excludes halogenated alkanes) is 1. The molecule has 0 saturated carbocycles. The number of ether oxygens (including phenoxy) is 1. The van der Waals surface area contributed by atoms with E-state index in [-0.39, 0.29) is 30.7 Å². The molecule has 0 radical (unpaired) electrons. The Morgan fingerprint density at radius 2 is 1.68 bits per heavy atom. The van der Waals surface area contributed by atoms with E-state index in [9.17, 15) is 14.4 Å². The number of piperidine rings is 1. The molecule has 1 N–H and O–H groups in total. The molecule has 0 aromatic heterocycles. The monoisotopic (exact) mass is 510 g/mol. The summed E-state index contributed by atoms with van der Waals surface area (Å²) in [6.07, 6.45) is 6.34. The number of nitrogens with zero attached hydrogens (tertiary/aromatic N) is 1. The maximum atomic E-state index is 13.0. The van der Waals surface area contributed by atoms with Gasteiger partial charge >= 0.3 is 11.9 Å². The lowest BCUT2D eigenvalue weighted by atomic mass is 9.97. The zero-order valence-electron chi connectivity index (χ0n) is 21.9. The summed E-state index contributed by atoms with van der Waals surface area (Å²) in [6, 6.07) is 15.1. The summed E-state index contributed by atoms with van der Waals surface area (Å²) in [5.74, 6) is -1.28. The molecule has 1 aliphatic rings. The maximum absolute atomic E-state index is 13.0. The molecular formula is C29H38N2O6. The normalized spacial score (nSPS) is 13.9. The van der Waals surface area contributed by atoms with E-state index in [1.165, 1.54) is 30.5 Å². The van der Waals surface area contributed by atoms with Crippen molar-refractivity contribution in [1.29, 1.82) is 0 Å². The van der Waals surface area contributed by atoms with Gasteiger partial charge < -0.3 is 15.0 Å². The molecule has 1 heterocycles.